The first-order chi connectivity index (χ1) is 17.9. The van der Waals surface area contributed by atoms with Crippen LogP contribution in [0.1, 0.15) is 44.6 Å². The third kappa shape index (κ3) is 4.50. The maximum absolute atomic E-state index is 14.2. The van der Waals surface area contributed by atoms with E-state index in [0.717, 1.165) is 18.4 Å². The molecule has 0 bridgehead atoms. The molecule has 0 aliphatic carbocycles. The Kier molecular flexibility index (Phi) is 7.23. The molecule has 1 aromatic carbocycles. The molecule has 1 N–H and O–H groups in total. The standard InChI is InChI=1S/C29H36N2O6/c1-28-14-7-10-19-36-27(35)23(28)22-25(33)31(17-8-2-3-9-18-32)24-26(34)30(16-11-15-29(22,24)37-28)20-21-12-5-4-6-13-21/h4-7,11-15,22-24,32H,2-3,8-10,16-20H2,1H3/t22-,23-,24?,28+,29-/m0/s1. The third-order valence-corrected chi connectivity index (χ3v) is 8.13. The van der Waals surface area contributed by atoms with Crippen LogP contribution in [0.15, 0.2) is 54.6 Å². The average molecular weight is 509 g/mol. The van der Waals surface area contributed by atoms with Crippen LogP contribution in [-0.4, -0.2) is 76.2 Å². The van der Waals surface area contributed by atoms with E-state index in [1.54, 1.807) is 9.80 Å². The summed E-state index contributed by atoms with van der Waals surface area (Å²) in [6.45, 7) is 3.42. The van der Waals surface area contributed by atoms with Gasteiger partial charge >= 0.3 is 5.97 Å². The molecule has 4 heterocycles. The lowest BCUT2D eigenvalue weighted by Gasteiger charge is -2.37. The summed E-state index contributed by atoms with van der Waals surface area (Å²) in [7, 11) is 0. The van der Waals surface area contributed by atoms with Crippen molar-refractivity contribution in [1.29, 1.82) is 0 Å². The van der Waals surface area contributed by atoms with Gasteiger partial charge in [0.25, 0.3) is 0 Å². The average Bonchev–Trinajstić information content (AvgIpc) is 3.20. The van der Waals surface area contributed by atoms with Crippen molar-refractivity contribution in [2.45, 2.75) is 62.8 Å². The van der Waals surface area contributed by atoms with Crippen LogP contribution in [0.25, 0.3) is 0 Å². The molecule has 0 radical (unpaired) electrons. The van der Waals surface area contributed by atoms with Crippen LogP contribution in [0.5, 0.6) is 0 Å². The molecule has 2 amide bonds. The number of hydrogen-bond acceptors (Lipinski definition) is 6. The smallest absolute Gasteiger partial charge is 0.313 e. The zero-order valence-electron chi connectivity index (χ0n) is 21.4. The van der Waals surface area contributed by atoms with E-state index in [1.165, 1.54) is 0 Å². The van der Waals surface area contributed by atoms with Crippen molar-refractivity contribution in [2.24, 2.45) is 11.8 Å². The predicted molar refractivity (Wildman–Crippen MR) is 136 cm³/mol. The Hall–Kier alpha value is -2.97. The number of nitrogens with zero attached hydrogens (tertiary/aromatic N) is 2. The zero-order chi connectivity index (χ0) is 26.0. The molecule has 2 fully saturated rings. The Labute approximate surface area is 217 Å². The second-order valence-corrected chi connectivity index (χ2v) is 10.6. The molecule has 8 heteroatoms. The van der Waals surface area contributed by atoms with E-state index >= 15 is 0 Å². The molecule has 4 aliphatic heterocycles. The number of rotatable bonds is 8. The van der Waals surface area contributed by atoms with E-state index in [-0.39, 0.29) is 25.0 Å². The van der Waals surface area contributed by atoms with E-state index in [2.05, 4.69) is 0 Å². The van der Waals surface area contributed by atoms with E-state index in [1.807, 2.05) is 61.6 Å². The van der Waals surface area contributed by atoms with E-state index in [9.17, 15) is 14.4 Å². The normalized spacial score (nSPS) is 32.9. The fourth-order valence-corrected chi connectivity index (χ4v) is 6.47. The molecule has 8 nitrogen and oxygen atoms in total. The lowest BCUT2D eigenvalue weighted by Crippen LogP contribution is -2.55. The van der Waals surface area contributed by atoms with Gasteiger partial charge in [-0.25, -0.2) is 0 Å². The van der Waals surface area contributed by atoms with Gasteiger partial charge in [-0.15, -0.1) is 0 Å². The van der Waals surface area contributed by atoms with Crippen molar-refractivity contribution in [3.63, 3.8) is 0 Å². The van der Waals surface area contributed by atoms with Gasteiger partial charge in [-0.3, -0.25) is 14.4 Å². The third-order valence-electron chi connectivity index (χ3n) is 8.13. The Balaban J connectivity index is 1.52. The minimum absolute atomic E-state index is 0.137. The SMILES string of the molecule is C[C@@]12C=CCCOC(=O)[C@@H]1[C@H]1C(=O)N(CCCCCCO)C3C(=O)N(Cc4ccccc4)CC=C[C@@]31O2. The van der Waals surface area contributed by atoms with Crippen LogP contribution in [0.4, 0.5) is 0 Å². The van der Waals surface area contributed by atoms with Crippen LogP contribution < -0.4 is 0 Å². The number of benzene rings is 1. The molecule has 5 rings (SSSR count). The number of ether oxygens (including phenoxy) is 2. The van der Waals surface area contributed by atoms with Gasteiger partial charge in [0.2, 0.25) is 11.8 Å². The van der Waals surface area contributed by atoms with E-state index in [4.69, 9.17) is 14.6 Å². The highest BCUT2D eigenvalue weighted by Crippen LogP contribution is 2.57. The Morgan fingerprint density at radius 2 is 1.76 bits per heavy atom. The number of carbonyl (C=O) groups excluding carboxylic acids is 3. The van der Waals surface area contributed by atoms with Gasteiger partial charge < -0.3 is 24.4 Å². The predicted octanol–water partition coefficient (Wildman–Crippen LogP) is 2.61. The summed E-state index contributed by atoms with van der Waals surface area (Å²) >= 11 is 0. The summed E-state index contributed by atoms with van der Waals surface area (Å²) in [5, 5.41) is 9.11. The van der Waals surface area contributed by atoms with Crippen molar-refractivity contribution < 1.29 is 29.0 Å². The van der Waals surface area contributed by atoms with Gasteiger partial charge in [0.1, 0.15) is 17.6 Å². The minimum Gasteiger partial charge on any atom is -0.465 e. The lowest BCUT2D eigenvalue weighted by molar-refractivity contribution is -0.160. The Morgan fingerprint density at radius 3 is 2.54 bits per heavy atom. The summed E-state index contributed by atoms with van der Waals surface area (Å²) in [6, 6.07) is 8.92. The summed E-state index contributed by atoms with van der Waals surface area (Å²) in [5.74, 6) is -2.53. The van der Waals surface area contributed by atoms with Crippen molar-refractivity contribution in [1.82, 2.24) is 9.80 Å². The van der Waals surface area contributed by atoms with Crippen molar-refractivity contribution in [3.05, 3.63) is 60.2 Å². The summed E-state index contributed by atoms with van der Waals surface area (Å²) < 4.78 is 12.3. The quantitative estimate of drug-likeness (QED) is 0.330. The van der Waals surface area contributed by atoms with Crippen LogP contribution in [0.3, 0.4) is 0 Å². The maximum atomic E-state index is 14.2. The number of unbranched alkanes of at least 4 members (excludes halogenated alkanes) is 3. The summed E-state index contributed by atoms with van der Waals surface area (Å²) in [5.41, 5.74) is -1.30. The highest BCUT2D eigenvalue weighted by molar-refractivity contribution is 5.99. The molecule has 4 aliphatic rings. The fourth-order valence-electron chi connectivity index (χ4n) is 6.47. The van der Waals surface area contributed by atoms with Crippen LogP contribution >= 0.6 is 0 Å². The first-order valence-corrected chi connectivity index (χ1v) is 13.4. The van der Waals surface area contributed by atoms with Crippen LogP contribution in [0.2, 0.25) is 0 Å². The number of aliphatic hydroxyl groups is 1. The second kappa shape index (κ2) is 10.4. The van der Waals surface area contributed by atoms with E-state index < -0.39 is 35.0 Å². The number of carbonyl (C=O) groups is 3. The Morgan fingerprint density at radius 1 is 0.973 bits per heavy atom. The largest absolute Gasteiger partial charge is 0.465 e. The molecule has 1 aromatic rings. The lowest BCUT2D eigenvalue weighted by atomic mass is 9.74. The highest BCUT2D eigenvalue weighted by atomic mass is 16.6. The van der Waals surface area contributed by atoms with Gasteiger partial charge in [0, 0.05) is 26.2 Å². The molecule has 1 unspecified atom stereocenters. The molecule has 37 heavy (non-hydrogen) atoms. The molecule has 0 aromatic heterocycles. The number of cyclic esters (lactones) is 1. The highest BCUT2D eigenvalue weighted by Gasteiger charge is 2.74. The van der Waals surface area contributed by atoms with Gasteiger partial charge in [-0.05, 0) is 31.7 Å². The number of amides is 2. The molecule has 0 saturated carbocycles. The van der Waals surface area contributed by atoms with Crippen molar-refractivity contribution in [2.75, 3.05) is 26.3 Å². The van der Waals surface area contributed by atoms with Crippen LogP contribution in [-0.2, 0) is 30.4 Å². The fraction of sp³-hybridized carbons (Fsp3) is 0.552. The first-order valence-electron chi connectivity index (χ1n) is 13.4. The number of aliphatic hydroxyl groups excluding tert-OH is 1. The molecular formula is C29H36N2O6. The number of fused-ring (bicyclic) bond motifs is 2. The summed E-state index contributed by atoms with van der Waals surface area (Å²) in [6.07, 6.45) is 11.2. The number of hydrogen-bond donors (Lipinski definition) is 1. The van der Waals surface area contributed by atoms with Gasteiger partial charge in [-0.2, -0.15) is 0 Å². The molecule has 2 saturated heterocycles. The van der Waals surface area contributed by atoms with Gasteiger partial charge in [0.05, 0.1) is 18.1 Å². The molecule has 5 atom stereocenters. The molecule has 198 valence electrons. The van der Waals surface area contributed by atoms with Gasteiger partial charge in [0.15, 0.2) is 0 Å². The van der Waals surface area contributed by atoms with Crippen molar-refractivity contribution in [3.8, 4) is 0 Å². The molecular weight excluding hydrogens is 472 g/mol. The Bertz CT molecular complexity index is 1090. The van der Waals surface area contributed by atoms with Crippen LogP contribution in [0, 0.1) is 11.8 Å². The van der Waals surface area contributed by atoms with Crippen molar-refractivity contribution >= 4 is 17.8 Å². The topological polar surface area (TPSA) is 96.4 Å². The monoisotopic (exact) mass is 508 g/mol. The second-order valence-electron chi connectivity index (χ2n) is 10.6. The zero-order valence-corrected chi connectivity index (χ0v) is 21.4. The summed E-state index contributed by atoms with van der Waals surface area (Å²) in [4.78, 5) is 45.0. The van der Waals surface area contributed by atoms with Gasteiger partial charge in [-0.1, -0.05) is 67.5 Å². The number of esters is 1. The minimum atomic E-state index is -1.25. The first kappa shape index (κ1) is 25.7. The molecule has 1 spiro atoms. The van der Waals surface area contributed by atoms with E-state index in [0.29, 0.717) is 38.9 Å². The maximum Gasteiger partial charge on any atom is 0.313 e. The number of likely N-dealkylation sites (tertiary alicyclic amines) is 1.